The molecule has 0 saturated heterocycles. The number of esters is 1. The summed E-state index contributed by atoms with van der Waals surface area (Å²) in [4.78, 5) is 23.8. The topological polar surface area (TPSA) is 63.6 Å². The first-order valence-electron chi connectivity index (χ1n) is 6.47. The van der Waals surface area contributed by atoms with E-state index in [0.717, 1.165) is 31.3 Å². The molecule has 18 heavy (non-hydrogen) atoms. The van der Waals surface area contributed by atoms with Gasteiger partial charge in [0.1, 0.15) is 0 Å². The van der Waals surface area contributed by atoms with Crippen LogP contribution in [0.5, 0.6) is 0 Å². The average molecular weight is 254 g/mol. The van der Waals surface area contributed by atoms with Crippen molar-refractivity contribution in [1.29, 1.82) is 0 Å². The zero-order chi connectivity index (χ0) is 13.8. The Morgan fingerprint density at radius 3 is 2.33 bits per heavy atom. The molecule has 0 aliphatic heterocycles. The predicted octanol–water partition coefficient (Wildman–Crippen LogP) is 2.78. The molecule has 1 fully saturated rings. The molecule has 0 aromatic carbocycles. The molecule has 0 bridgehead atoms. The van der Waals surface area contributed by atoms with Gasteiger partial charge in [-0.15, -0.1) is 0 Å². The van der Waals surface area contributed by atoms with E-state index in [1.54, 1.807) is 0 Å². The number of hydrogen-bond acceptors (Lipinski definition) is 3. The van der Waals surface area contributed by atoms with Crippen molar-refractivity contribution in [1.82, 2.24) is 0 Å². The van der Waals surface area contributed by atoms with Crippen molar-refractivity contribution in [2.75, 3.05) is 7.11 Å². The van der Waals surface area contributed by atoms with Gasteiger partial charge in [-0.05, 0) is 31.6 Å². The molecule has 1 aliphatic carbocycles. The highest BCUT2D eigenvalue weighted by Crippen LogP contribution is 2.45. The molecule has 1 atom stereocenters. The van der Waals surface area contributed by atoms with E-state index in [4.69, 9.17) is 4.74 Å². The molecule has 1 rings (SSSR count). The molecule has 102 valence electrons. The van der Waals surface area contributed by atoms with E-state index in [1.807, 2.05) is 6.92 Å². The average Bonchev–Trinajstić information content (AvgIpc) is 2.88. The van der Waals surface area contributed by atoms with Gasteiger partial charge in [-0.2, -0.15) is 0 Å². The molecule has 1 saturated carbocycles. The van der Waals surface area contributed by atoms with Crippen molar-refractivity contribution in [3.63, 3.8) is 0 Å². The number of hydrogen-bond donors (Lipinski definition) is 1. The van der Waals surface area contributed by atoms with Gasteiger partial charge in [0.05, 0.1) is 7.11 Å². The lowest BCUT2D eigenvalue weighted by Crippen LogP contribution is -2.46. The Kier molecular flexibility index (Phi) is 4.93. The highest BCUT2D eigenvalue weighted by molar-refractivity contribution is 5.99. The van der Waals surface area contributed by atoms with Crippen LogP contribution in [0.25, 0.3) is 0 Å². The van der Waals surface area contributed by atoms with Crippen LogP contribution in [-0.2, 0) is 14.3 Å². The highest BCUT2D eigenvalue weighted by atomic mass is 16.5. The van der Waals surface area contributed by atoms with E-state index < -0.39 is 17.4 Å². The van der Waals surface area contributed by atoms with Crippen LogP contribution in [0.3, 0.4) is 0 Å². The minimum absolute atomic E-state index is 0.134. The summed E-state index contributed by atoms with van der Waals surface area (Å²) in [5, 5.41) is 9.59. The Morgan fingerprint density at radius 1 is 1.39 bits per heavy atom. The van der Waals surface area contributed by atoms with Crippen LogP contribution >= 0.6 is 0 Å². The molecule has 0 heterocycles. The summed E-state index contributed by atoms with van der Waals surface area (Å²) in [5.74, 6) is -1.84. The Labute approximate surface area is 108 Å². The molecule has 4 heteroatoms. The molecule has 0 radical (unpaired) electrons. The number of carbonyl (C=O) groups excluding carboxylic acids is 1. The molecule has 0 aromatic rings. The molecule has 1 N–H and O–H groups in total. The monoisotopic (exact) mass is 254 g/mol. The summed E-state index contributed by atoms with van der Waals surface area (Å²) in [7, 11) is 1.25. The zero-order valence-electron chi connectivity index (χ0n) is 11.2. The number of rotatable bonds is 6. The van der Waals surface area contributed by atoms with Gasteiger partial charge in [0.15, 0.2) is 5.41 Å². The molecular weight excluding hydrogens is 232 g/mol. The van der Waals surface area contributed by atoms with Crippen LogP contribution in [0.2, 0.25) is 0 Å². The Balaban J connectivity index is 3.12. The smallest absolute Gasteiger partial charge is 0.323 e. The maximum atomic E-state index is 12.1. The summed E-state index contributed by atoms with van der Waals surface area (Å²) >= 11 is 0. The number of allylic oxidation sites excluding steroid dienone is 1. The van der Waals surface area contributed by atoms with Crippen LogP contribution in [-0.4, -0.2) is 24.2 Å². The van der Waals surface area contributed by atoms with Crippen molar-refractivity contribution < 1.29 is 19.4 Å². The summed E-state index contributed by atoms with van der Waals surface area (Å²) in [6.07, 6.45) is 4.39. The fourth-order valence-corrected chi connectivity index (χ4v) is 2.84. The standard InChI is InChI=1S/C14H22O4/c1-4-10(2)9-14(12(15)16,13(17)18-3)11-7-5-6-8-11/h11H,2,4-9H2,1,3H3,(H,15,16). The number of carboxylic acid groups (broad SMARTS) is 1. The second-order valence-corrected chi connectivity index (χ2v) is 5.03. The summed E-state index contributed by atoms with van der Waals surface area (Å²) in [6, 6.07) is 0. The van der Waals surface area contributed by atoms with Gasteiger partial charge in [0, 0.05) is 0 Å². The first kappa shape index (κ1) is 14.7. The third-order valence-corrected chi connectivity index (χ3v) is 4.01. The van der Waals surface area contributed by atoms with Crippen molar-refractivity contribution in [3.05, 3.63) is 12.2 Å². The lowest BCUT2D eigenvalue weighted by Gasteiger charge is -2.32. The van der Waals surface area contributed by atoms with E-state index in [1.165, 1.54) is 7.11 Å². The molecule has 4 nitrogen and oxygen atoms in total. The highest BCUT2D eigenvalue weighted by Gasteiger charge is 2.54. The second-order valence-electron chi connectivity index (χ2n) is 5.03. The van der Waals surface area contributed by atoms with Crippen LogP contribution in [0, 0.1) is 11.3 Å². The van der Waals surface area contributed by atoms with Gasteiger partial charge in [0.2, 0.25) is 0 Å². The van der Waals surface area contributed by atoms with Gasteiger partial charge in [0.25, 0.3) is 0 Å². The van der Waals surface area contributed by atoms with Gasteiger partial charge in [-0.3, -0.25) is 9.59 Å². The van der Waals surface area contributed by atoms with E-state index in [-0.39, 0.29) is 12.3 Å². The Hall–Kier alpha value is -1.32. The first-order valence-corrected chi connectivity index (χ1v) is 6.47. The lowest BCUT2D eigenvalue weighted by molar-refractivity contribution is -0.171. The van der Waals surface area contributed by atoms with Crippen LogP contribution in [0.1, 0.15) is 45.4 Å². The van der Waals surface area contributed by atoms with Gasteiger partial charge in [-0.1, -0.05) is 31.9 Å². The Bertz CT molecular complexity index is 342. The molecule has 1 aliphatic rings. The molecular formula is C14H22O4. The largest absolute Gasteiger partial charge is 0.480 e. The molecule has 0 aromatic heterocycles. The number of ether oxygens (including phenoxy) is 1. The lowest BCUT2D eigenvalue weighted by atomic mass is 9.70. The van der Waals surface area contributed by atoms with E-state index in [2.05, 4.69) is 6.58 Å². The van der Waals surface area contributed by atoms with Gasteiger partial charge >= 0.3 is 11.9 Å². The second kappa shape index (κ2) is 6.03. The fraction of sp³-hybridized carbons (Fsp3) is 0.714. The predicted molar refractivity (Wildman–Crippen MR) is 68.1 cm³/mol. The van der Waals surface area contributed by atoms with Gasteiger partial charge in [-0.25, -0.2) is 0 Å². The first-order chi connectivity index (χ1) is 8.48. The third-order valence-electron chi connectivity index (χ3n) is 4.01. The zero-order valence-corrected chi connectivity index (χ0v) is 11.2. The Morgan fingerprint density at radius 2 is 1.94 bits per heavy atom. The number of carboxylic acids is 1. The minimum atomic E-state index is -1.43. The van der Waals surface area contributed by atoms with Crippen molar-refractivity contribution in [2.45, 2.75) is 45.4 Å². The maximum Gasteiger partial charge on any atom is 0.323 e. The van der Waals surface area contributed by atoms with Gasteiger partial charge < -0.3 is 9.84 Å². The molecule has 1 unspecified atom stereocenters. The normalized spacial score (nSPS) is 19.2. The third kappa shape index (κ3) is 2.57. The van der Waals surface area contributed by atoms with E-state index in [9.17, 15) is 14.7 Å². The van der Waals surface area contributed by atoms with Crippen molar-refractivity contribution >= 4 is 11.9 Å². The fourth-order valence-electron chi connectivity index (χ4n) is 2.84. The number of methoxy groups -OCH3 is 1. The van der Waals surface area contributed by atoms with Crippen LogP contribution < -0.4 is 0 Å². The summed E-state index contributed by atoms with van der Waals surface area (Å²) < 4.78 is 4.77. The van der Waals surface area contributed by atoms with Crippen molar-refractivity contribution in [2.24, 2.45) is 11.3 Å². The maximum absolute atomic E-state index is 12.1. The van der Waals surface area contributed by atoms with E-state index >= 15 is 0 Å². The van der Waals surface area contributed by atoms with Crippen LogP contribution in [0.4, 0.5) is 0 Å². The molecule has 0 spiro atoms. The van der Waals surface area contributed by atoms with Crippen LogP contribution in [0.15, 0.2) is 12.2 Å². The number of aliphatic carboxylic acids is 1. The van der Waals surface area contributed by atoms with Crippen molar-refractivity contribution in [3.8, 4) is 0 Å². The quantitative estimate of drug-likeness (QED) is 0.450. The SMILES string of the molecule is C=C(CC)CC(C(=O)O)(C(=O)OC)C1CCCC1. The summed E-state index contributed by atoms with van der Waals surface area (Å²) in [6.45, 7) is 5.77. The number of carbonyl (C=O) groups is 2. The van der Waals surface area contributed by atoms with E-state index in [0.29, 0.717) is 6.42 Å². The molecule has 0 amide bonds. The minimum Gasteiger partial charge on any atom is -0.480 e. The summed E-state index contributed by atoms with van der Waals surface area (Å²) in [5.41, 5.74) is -0.645.